The molecule has 0 saturated carbocycles. The van der Waals surface area contributed by atoms with E-state index >= 15 is 0 Å². The number of thiazole rings is 1. The summed E-state index contributed by atoms with van der Waals surface area (Å²) in [5.74, 6) is -0.385. The van der Waals surface area contributed by atoms with Crippen molar-refractivity contribution in [3.63, 3.8) is 0 Å². The molecule has 0 unspecified atom stereocenters. The fourth-order valence-electron chi connectivity index (χ4n) is 3.24. The Morgan fingerprint density at radius 2 is 1.87 bits per heavy atom. The topological polar surface area (TPSA) is 72.1 Å². The number of aryl methyl sites for hydroxylation is 1. The number of hydrogen-bond donors (Lipinski definition) is 0. The van der Waals surface area contributed by atoms with E-state index in [0.717, 1.165) is 35.3 Å². The summed E-state index contributed by atoms with van der Waals surface area (Å²) in [6.45, 7) is 2.66. The molecule has 0 radical (unpaired) electrons. The lowest BCUT2D eigenvalue weighted by Crippen LogP contribution is -2.34. The van der Waals surface area contributed by atoms with Crippen LogP contribution in [-0.2, 0) is 17.7 Å². The van der Waals surface area contributed by atoms with E-state index in [1.54, 1.807) is 25.3 Å². The molecule has 0 atom stereocenters. The van der Waals surface area contributed by atoms with Gasteiger partial charge in [0, 0.05) is 12.7 Å². The second kappa shape index (κ2) is 10.7. The SMILES string of the molecule is CCCc1ccc(C(=O)/C(C#N)=c2\s/c(=C\c3ccccc3)c(=O)n2CCOC)cc1. The number of carbonyl (C=O) groups is 1. The number of ketones is 1. The summed E-state index contributed by atoms with van der Waals surface area (Å²) in [4.78, 5) is 26.2. The van der Waals surface area contributed by atoms with Crippen molar-refractivity contribution in [1.82, 2.24) is 4.57 Å². The third-order valence-corrected chi connectivity index (χ3v) is 5.96. The molecule has 0 saturated heterocycles. The van der Waals surface area contributed by atoms with E-state index in [0.29, 0.717) is 21.4 Å². The van der Waals surface area contributed by atoms with Crippen molar-refractivity contribution in [2.75, 3.05) is 13.7 Å². The molecule has 6 heteroatoms. The fraction of sp³-hybridized carbons (Fsp3) is 0.240. The van der Waals surface area contributed by atoms with Gasteiger partial charge in [0.2, 0.25) is 5.78 Å². The first-order chi connectivity index (χ1) is 15.1. The molecule has 0 fully saturated rings. The van der Waals surface area contributed by atoms with E-state index < -0.39 is 0 Å². The second-order valence-corrected chi connectivity index (χ2v) is 8.07. The van der Waals surface area contributed by atoms with Crippen molar-refractivity contribution in [2.45, 2.75) is 26.3 Å². The van der Waals surface area contributed by atoms with Crippen LogP contribution in [0.5, 0.6) is 0 Å². The number of nitriles is 1. The number of carbonyl (C=O) groups excluding carboxylic acids is 1. The molecule has 0 aliphatic heterocycles. The van der Waals surface area contributed by atoms with Gasteiger partial charge in [-0.25, -0.2) is 0 Å². The van der Waals surface area contributed by atoms with E-state index in [9.17, 15) is 14.9 Å². The molecular formula is C25H24N2O3S. The van der Waals surface area contributed by atoms with Crippen molar-refractivity contribution in [1.29, 1.82) is 5.26 Å². The van der Waals surface area contributed by atoms with Crippen molar-refractivity contribution >= 4 is 28.8 Å². The van der Waals surface area contributed by atoms with Gasteiger partial charge in [-0.05, 0) is 23.6 Å². The summed E-state index contributed by atoms with van der Waals surface area (Å²) < 4.78 is 7.42. The lowest BCUT2D eigenvalue weighted by molar-refractivity contribution is 0.105. The highest BCUT2D eigenvalue weighted by atomic mass is 32.1. The van der Waals surface area contributed by atoms with E-state index in [1.807, 2.05) is 48.5 Å². The summed E-state index contributed by atoms with van der Waals surface area (Å²) in [5.41, 5.74) is 2.19. The Kier molecular flexibility index (Phi) is 7.71. The zero-order valence-corrected chi connectivity index (χ0v) is 18.4. The molecule has 0 amide bonds. The Morgan fingerprint density at radius 3 is 2.48 bits per heavy atom. The van der Waals surface area contributed by atoms with Gasteiger partial charge in [0.15, 0.2) is 0 Å². The van der Waals surface area contributed by atoms with E-state index in [2.05, 4.69) is 6.92 Å². The van der Waals surface area contributed by atoms with Gasteiger partial charge < -0.3 is 4.74 Å². The molecule has 31 heavy (non-hydrogen) atoms. The average Bonchev–Trinajstić information content (AvgIpc) is 3.09. The molecule has 3 aromatic rings. The zero-order chi connectivity index (χ0) is 22.2. The molecule has 3 rings (SSSR count). The normalized spacial score (nSPS) is 12.5. The molecule has 158 valence electrons. The van der Waals surface area contributed by atoms with Crippen LogP contribution in [0.1, 0.15) is 34.8 Å². The molecule has 5 nitrogen and oxygen atoms in total. The minimum absolute atomic E-state index is 0.0332. The Bertz CT molecular complexity index is 1260. The Labute approximate surface area is 185 Å². The monoisotopic (exact) mass is 432 g/mol. The van der Waals surface area contributed by atoms with Gasteiger partial charge in [-0.15, -0.1) is 11.3 Å². The van der Waals surface area contributed by atoms with Gasteiger partial charge in [-0.1, -0.05) is 67.9 Å². The first-order valence-corrected chi connectivity index (χ1v) is 10.9. The number of nitrogens with zero attached hydrogens (tertiary/aromatic N) is 2. The molecule has 0 aliphatic carbocycles. The molecular weight excluding hydrogens is 408 g/mol. The van der Waals surface area contributed by atoms with Gasteiger partial charge in [0.25, 0.3) is 5.56 Å². The smallest absolute Gasteiger partial charge is 0.269 e. The minimum Gasteiger partial charge on any atom is -0.383 e. The highest BCUT2D eigenvalue weighted by Gasteiger charge is 2.17. The summed E-state index contributed by atoms with van der Waals surface area (Å²) in [6.07, 6.45) is 3.73. The predicted octanol–water partition coefficient (Wildman–Crippen LogP) is 2.89. The predicted molar refractivity (Wildman–Crippen MR) is 124 cm³/mol. The maximum absolute atomic E-state index is 13.1. The number of hydrogen-bond acceptors (Lipinski definition) is 5. The lowest BCUT2D eigenvalue weighted by atomic mass is 10.0. The minimum atomic E-state index is -0.385. The van der Waals surface area contributed by atoms with Crippen LogP contribution < -0.4 is 14.8 Å². The van der Waals surface area contributed by atoms with Gasteiger partial charge in [0.1, 0.15) is 16.3 Å². The van der Waals surface area contributed by atoms with Crippen LogP contribution in [0.15, 0.2) is 59.4 Å². The first-order valence-electron chi connectivity index (χ1n) is 10.1. The molecule has 0 aliphatic rings. The first kappa shape index (κ1) is 22.4. The van der Waals surface area contributed by atoms with Gasteiger partial charge in [-0.3, -0.25) is 14.2 Å². The second-order valence-electron chi connectivity index (χ2n) is 7.04. The van der Waals surface area contributed by atoms with Crippen LogP contribution in [0.25, 0.3) is 11.6 Å². The van der Waals surface area contributed by atoms with Crippen LogP contribution in [0.4, 0.5) is 0 Å². The summed E-state index contributed by atoms with van der Waals surface area (Å²) >= 11 is 1.16. The maximum Gasteiger partial charge on any atom is 0.269 e. The molecule has 1 aromatic heterocycles. The quantitative estimate of drug-likeness (QED) is 0.513. The summed E-state index contributed by atoms with van der Waals surface area (Å²) in [5, 5.41) is 9.83. The fourth-order valence-corrected chi connectivity index (χ4v) is 4.37. The van der Waals surface area contributed by atoms with Crippen molar-refractivity contribution in [2.24, 2.45) is 0 Å². The summed E-state index contributed by atoms with van der Waals surface area (Å²) in [6, 6.07) is 18.8. The standard InChI is InChI=1S/C25H24N2O3S/c1-3-7-18-10-12-20(13-11-18)23(28)21(17-26)25-27(14-15-30-2)24(29)22(31-25)16-19-8-5-4-6-9-19/h4-6,8-13,16H,3,7,14-15H2,1-2H3/b22-16-,25-21-. The van der Waals surface area contributed by atoms with E-state index in [-0.39, 0.29) is 23.5 Å². The molecule has 1 heterocycles. The number of rotatable bonds is 8. The highest BCUT2D eigenvalue weighted by molar-refractivity contribution is 7.07. The van der Waals surface area contributed by atoms with Crippen LogP contribution >= 0.6 is 11.3 Å². The number of Topliss-reactive ketones (excluding diaryl/α,β-unsaturated/α-hetero) is 1. The summed E-state index contributed by atoms with van der Waals surface area (Å²) in [7, 11) is 1.55. The molecule has 0 spiro atoms. The number of benzene rings is 2. The average molecular weight is 433 g/mol. The van der Waals surface area contributed by atoms with Crippen LogP contribution in [0, 0.1) is 11.3 Å². The van der Waals surface area contributed by atoms with Crippen LogP contribution in [0.3, 0.4) is 0 Å². The third kappa shape index (κ3) is 5.26. The van der Waals surface area contributed by atoms with Crippen molar-refractivity contribution in [3.05, 3.63) is 90.8 Å². The van der Waals surface area contributed by atoms with E-state index in [1.165, 1.54) is 4.57 Å². The van der Waals surface area contributed by atoms with Gasteiger partial charge >= 0.3 is 0 Å². The van der Waals surface area contributed by atoms with E-state index in [4.69, 9.17) is 4.74 Å². The van der Waals surface area contributed by atoms with Crippen LogP contribution in [-0.4, -0.2) is 24.1 Å². The molecule has 0 bridgehead atoms. The maximum atomic E-state index is 13.1. The van der Waals surface area contributed by atoms with Crippen molar-refractivity contribution < 1.29 is 9.53 Å². The largest absolute Gasteiger partial charge is 0.383 e. The zero-order valence-electron chi connectivity index (χ0n) is 17.6. The van der Waals surface area contributed by atoms with Crippen molar-refractivity contribution in [3.8, 4) is 6.07 Å². The number of aromatic nitrogens is 1. The number of ether oxygens (including phenoxy) is 1. The molecule has 0 N–H and O–H groups in total. The Balaban J connectivity index is 2.17. The molecule has 2 aromatic carbocycles. The van der Waals surface area contributed by atoms with Gasteiger partial charge in [-0.2, -0.15) is 5.26 Å². The van der Waals surface area contributed by atoms with Crippen LogP contribution in [0.2, 0.25) is 0 Å². The highest BCUT2D eigenvalue weighted by Crippen LogP contribution is 2.11. The lowest BCUT2D eigenvalue weighted by Gasteiger charge is -2.04. The third-order valence-electron chi connectivity index (χ3n) is 4.83. The van der Waals surface area contributed by atoms with Gasteiger partial charge in [0.05, 0.1) is 17.7 Å². The number of methoxy groups -OCH3 is 1. The Hall–Kier alpha value is -3.27. The Morgan fingerprint density at radius 1 is 1.16 bits per heavy atom.